The van der Waals surface area contributed by atoms with Crippen molar-refractivity contribution in [2.75, 3.05) is 24.3 Å². The highest BCUT2D eigenvalue weighted by molar-refractivity contribution is 5.98. The Morgan fingerprint density at radius 2 is 2.00 bits per heavy atom. The molecular formula is C12H16N2O4. The van der Waals surface area contributed by atoms with Crippen molar-refractivity contribution in [2.24, 2.45) is 0 Å². The minimum Gasteiger partial charge on any atom is -0.496 e. The Kier molecular flexibility index (Phi) is 4.53. The third-order valence-corrected chi connectivity index (χ3v) is 2.25. The Hall–Kier alpha value is -2.24. The first kappa shape index (κ1) is 13.8. The lowest BCUT2D eigenvalue weighted by Gasteiger charge is -2.14. The molecule has 6 nitrogen and oxygen atoms in total. The topological polar surface area (TPSA) is 87.7 Å². The van der Waals surface area contributed by atoms with E-state index in [4.69, 9.17) is 9.84 Å². The van der Waals surface area contributed by atoms with Crippen molar-refractivity contribution in [2.45, 2.75) is 13.8 Å². The van der Waals surface area contributed by atoms with Gasteiger partial charge in [-0.25, -0.2) is 4.79 Å². The number of carboxylic acid groups (broad SMARTS) is 1. The Morgan fingerprint density at radius 3 is 2.44 bits per heavy atom. The van der Waals surface area contributed by atoms with Crippen molar-refractivity contribution in [1.82, 2.24) is 0 Å². The Balaban J connectivity index is 3.31. The molecule has 0 spiro atoms. The quantitative estimate of drug-likeness (QED) is 0.743. The molecular weight excluding hydrogens is 236 g/mol. The molecule has 0 fully saturated rings. The second kappa shape index (κ2) is 5.90. The lowest BCUT2D eigenvalue weighted by molar-refractivity contribution is -0.114. The molecule has 1 amide bonds. The van der Waals surface area contributed by atoms with Crippen molar-refractivity contribution in [3.05, 3.63) is 17.7 Å². The van der Waals surface area contributed by atoms with Gasteiger partial charge in [0.25, 0.3) is 0 Å². The third-order valence-electron chi connectivity index (χ3n) is 2.25. The number of carboxylic acids is 1. The number of ether oxygens (including phenoxy) is 1. The normalized spacial score (nSPS) is 9.72. The van der Waals surface area contributed by atoms with Gasteiger partial charge in [0.2, 0.25) is 5.91 Å². The maximum Gasteiger partial charge on any atom is 0.339 e. The molecule has 1 rings (SSSR count). The van der Waals surface area contributed by atoms with E-state index in [-0.39, 0.29) is 17.2 Å². The summed E-state index contributed by atoms with van der Waals surface area (Å²) in [4.78, 5) is 22.2. The van der Waals surface area contributed by atoms with Crippen LogP contribution < -0.4 is 15.4 Å². The van der Waals surface area contributed by atoms with Crippen molar-refractivity contribution >= 4 is 23.3 Å². The molecule has 1 aromatic rings. The van der Waals surface area contributed by atoms with Gasteiger partial charge >= 0.3 is 5.97 Å². The van der Waals surface area contributed by atoms with Crippen LogP contribution in [0.2, 0.25) is 0 Å². The first-order chi connectivity index (χ1) is 8.49. The zero-order chi connectivity index (χ0) is 13.7. The van der Waals surface area contributed by atoms with Gasteiger partial charge in [0.1, 0.15) is 11.3 Å². The Labute approximate surface area is 105 Å². The maximum absolute atomic E-state index is 11.1. The summed E-state index contributed by atoms with van der Waals surface area (Å²) in [6, 6.07) is 2.93. The number of methoxy groups -OCH3 is 1. The summed E-state index contributed by atoms with van der Waals surface area (Å²) in [5.74, 6) is -1.12. The van der Waals surface area contributed by atoms with Gasteiger partial charge in [-0.2, -0.15) is 0 Å². The Morgan fingerprint density at radius 1 is 1.33 bits per heavy atom. The highest BCUT2D eigenvalue weighted by Crippen LogP contribution is 2.31. The van der Waals surface area contributed by atoms with Crippen molar-refractivity contribution in [1.29, 1.82) is 0 Å². The van der Waals surface area contributed by atoms with Gasteiger partial charge in [0.05, 0.1) is 18.5 Å². The van der Waals surface area contributed by atoms with Crippen molar-refractivity contribution in [3.63, 3.8) is 0 Å². The number of rotatable bonds is 5. The molecule has 6 heteroatoms. The first-order valence-electron chi connectivity index (χ1n) is 5.46. The van der Waals surface area contributed by atoms with Crippen LogP contribution in [0.15, 0.2) is 12.1 Å². The summed E-state index contributed by atoms with van der Waals surface area (Å²) in [5, 5.41) is 14.7. The SMILES string of the molecule is CCNc1cc(C(=O)O)c(OC)cc1NC(C)=O. The monoisotopic (exact) mass is 252 g/mol. The number of benzene rings is 1. The number of hydrogen-bond donors (Lipinski definition) is 3. The van der Waals surface area contributed by atoms with Crippen LogP contribution in [-0.2, 0) is 4.79 Å². The molecule has 0 radical (unpaired) electrons. The highest BCUT2D eigenvalue weighted by Gasteiger charge is 2.15. The molecule has 0 aliphatic rings. The zero-order valence-electron chi connectivity index (χ0n) is 10.5. The van der Waals surface area contributed by atoms with Gasteiger partial charge in [-0.15, -0.1) is 0 Å². The minimum atomic E-state index is -1.08. The third kappa shape index (κ3) is 3.13. The molecule has 3 N–H and O–H groups in total. The summed E-state index contributed by atoms with van der Waals surface area (Å²) < 4.78 is 5.00. The second-order valence-corrected chi connectivity index (χ2v) is 3.61. The van der Waals surface area contributed by atoms with Gasteiger partial charge in [0.15, 0.2) is 0 Å². The lowest BCUT2D eigenvalue weighted by atomic mass is 10.1. The summed E-state index contributed by atoms with van der Waals surface area (Å²) in [6.07, 6.45) is 0. The number of carbonyl (C=O) groups excluding carboxylic acids is 1. The van der Waals surface area contributed by atoms with E-state index in [0.29, 0.717) is 17.9 Å². The standard InChI is InChI=1S/C12H16N2O4/c1-4-13-9-5-8(12(16)17)11(18-3)6-10(9)14-7(2)15/h5-6,13H,4H2,1-3H3,(H,14,15)(H,16,17). The Bertz CT molecular complexity index is 471. The first-order valence-corrected chi connectivity index (χ1v) is 5.46. The van der Waals surface area contributed by atoms with Gasteiger partial charge in [-0.1, -0.05) is 0 Å². The van der Waals surface area contributed by atoms with E-state index in [1.165, 1.54) is 26.2 Å². The van der Waals surface area contributed by atoms with Gasteiger partial charge in [-0.05, 0) is 13.0 Å². The zero-order valence-corrected chi connectivity index (χ0v) is 10.5. The largest absolute Gasteiger partial charge is 0.496 e. The number of nitrogens with one attached hydrogen (secondary N) is 2. The van der Waals surface area contributed by atoms with E-state index in [1.807, 2.05) is 6.92 Å². The predicted molar refractivity (Wildman–Crippen MR) is 68.4 cm³/mol. The van der Waals surface area contributed by atoms with Crippen LogP contribution >= 0.6 is 0 Å². The van der Waals surface area contributed by atoms with E-state index < -0.39 is 5.97 Å². The molecule has 0 aromatic heterocycles. The van der Waals surface area contributed by atoms with Crippen LogP contribution in [0.3, 0.4) is 0 Å². The second-order valence-electron chi connectivity index (χ2n) is 3.61. The summed E-state index contributed by atoms with van der Waals surface area (Å²) in [7, 11) is 1.38. The minimum absolute atomic E-state index is 0.0440. The lowest BCUT2D eigenvalue weighted by Crippen LogP contribution is -2.11. The molecule has 0 aliphatic heterocycles. The molecule has 1 aromatic carbocycles. The van der Waals surface area contributed by atoms with Crippen LogP contribution in [-0.4, -0.2) is 30.6 Å². The van der Waals surface area contributed by atoms with E-state index in [1.54, 1.807) is 0 Å². The average Bonchev–Trinajstić information content (AvgIpc) is 2.30. The smallest absolute Gasteiger partial charge is 0.339 e. The van der Waals surface area contributed by atoms with Crippen LogP contribution in [0.5, 0.6) is 5.75 Å². The van der Waals surface area contributed by atoms with E-state index >= 15 is 0 Å². The van der Waals surface area contributed by atoms with E-state index in [9.17, 15) is 9.59 Å². The fraction of sp³-hybridized carbons (Fsp3) is 0.333. The number of aromatic carboxylic acids is 1. The van der Waals surface area contributed by atoms with Gasteiger partial charge in [-0.3, -0.25) is 4.79 Å². The maximum atomic E-state index is 11.1. The van der Waals surface area contributed by atoms with Gasteiger partial charge in [0, 0.05) is 19.5 Å². The summed E-state index contributed by atoms with van der Waals surface area (Å²) in [5.41, 5.74) is 1.08. The molecule has 18 heavy (non-hydrogen) atoms. The molecule has 0 aliphatic carbocycles. The van der Waals surface area contributed by atoms with E-state index in [0.717, 1.165) is 0 Å². The number of anilines is 2. The molecule has 0 saturated carbocycles. The van der Waals surface area contributed by atoms with Gasteiger partial charge < -0.3 is 20.5 Å². The molecule has 0 saturated heterocycles. The summed E-state index contributed by atoms with van der Waals surface area (Å²) in [6.45, 7) is 3.87. The van der Waals surface area contributed by atoms with E-state index in [2.05, 4.69) is 10.6 Å². The molecule has 0 atom stereocenters. The number of amides is 1. The average molecular weight is 252 g/mol. The molecule has 0 unspecified atom stereocenters. The molecule has 0 bridgehead atoms. The summed E-state index contributed by atoms with van der Waals surface area (Å²) >= 11 is 0. The fourth-order valence-corrected chi connectivity index (χ4v) is 1.55. The molecule has 98 valence electrons. The van der Waals surface area contributed by atoms with Crippen LogP contribution in [0.4, 0.5) is 11.4 Å². The highest BCUT2D eigenvalue weighted by atomic mass is 16.5. The van der Waals surface area contributed by atoms with Crippen LogP contribution in [0.1, 0.15) is 24.2 Å². The number of hydrogen-bond acceptors (Lipinski definition) is 4. The van der Waals surface area contributed by atoms with Crippen LogP contribution in [0, 0.1) is 0 Å². The van der Waals surface area contributed by atoms with Crippen molar-refractivity contribution < 1.29 is 19.4 Å². The molecule has 0 heterocycles. The predicted octanol–water partition coefficient (Wildman–Crippen LogP) is 1.78. The van der Waals surface area contributed by atoms with Crippen LogP contribution in [0.25, 0.3) is 0 Å². The number of carbonyl (C=O) groups is 2. The van der Waals surface area contributed by atoms with Crippen molar-refractivity contribution in [3.8, 4) is 5.75 Å². The fourth-order valence-electron chi connectivity index (χ4n) is 1.55.